The molecule has 0 aliphatic heterocycles. The average Bonchev–Trinajstić information content (AvgIpc) is 3.47. The van der Waals surface area contributed by atoms with Crippen LogP contribution < -0.4 is 16.6 Å². The van der Waals surface area contributed by atoms with E-state index in [2.05, 4.69) is 10.3 Å². The van der Waals surface area contributed by atoms with Crippen molar-refractivity contribution in [2.24, 2.45) is 0 Å². The summed E-state index contributed by atoms with van der Waals surface area (Å²) in [5.41, 5.74) is 3.71. The van der Waals surface area contributed by atoms with Gasteiger partial charge >= 0.3 is 5.69 Å². The first-order chi connectivity index (χ1) is 16.0. The van der Waals surface area contributed by atoms with Crippen LogP contribution in [0.1, 0.15) is 30.0 Å². The normalized spacial score (nSPS) is 12.8. The van der Waals surface area contributed by atoms with E-state index in [1.165, 1.54) is 15.7 Å². The molecule has 2 heterocycles. The van der Waals surface area contributed by atoms with E-state index < -0.39 is 17.2 Å². The summed E-state index contributed by atoms with van der Waals surface area (Å²) in [6.45, 7) is 2.31. The molecule has 1 N–H and O–H groups in total. The molecule has 0 radical (unpaired) electrons. The largest absolute Gasteiger partial charge is 0.333 e. The molecular weight excluding hydrogens is 418 g/mol. The second kappa shape index (κ2) is 8.54. The zero-order valence-corrected chi connectivity index (χ0v) is 18.5. The standard InChI is InChI=1S/C25H25N5O3/c1-2-28-16-26-23-22(28)24(32)30(25(33)29(23)14-17-7-4-3-5-8-17)15-21(31)27-20-12-11-18-9-6-10-19(18)13-20/h3-5,7-8,11-13,16H,2,6,9-10,14-15H2,1H3,(H,27,31). The fourth-order valence-electron chi connectivity index (χ4n) is 4.52. The molecule has 5 rings (SSSR count). The number of carbonyl (C=O) groups excluding carboxylic acids is 1. The highest BCUT2D eigenvalue weighted by Gasteiger charge is 2.20. The minimum atomic E-state index is -0.554. The maximum Gasteiger partial charge on any atom is 0.333 e. The van der Waals surface area contributed by atoms with Crippen molar-refractivity contribution in [2.45, 2.75) is 45.8 Å². The SMILES string of the molecule is CCn1cnc2c1c(=O)n(CC(=O)Nc1ccc3c(c1)CCC3)c(=O)n2Cc1ccccc1. The number of fused-ring (bicyclic) bond motifs is 2. The third-order valence-electron chi connectivity index (χ3n) is 6.19. The smallest absolute Gasteiger partial charge is 0.325 e. The van der Waals surface area contributed by atoms with E-state index in [9.17, 15) is 14.4 Å². The third-order valence-corrected chi connectivity index (χ3v) is 6.19. The first-order valence-corrected chi connectivity index (χ1v) is 11.2. The van der Waals surface area contributed by atoms with Gasteiger partial charge in [0.25, 0.3) is 5.56 Å². The molecule has 0 bridgehead atoms. The Kier molecular flexibility index (Phi) is 5.42. The minimum absolute atomic E-state index is 0.254. The number of nitrogens with one attached hydrogen (secondary N) is 1. The lowest BCUT2D eigenvalue weighted by atomic mass is 10.1. The molecule has 2 aromatic carbocycles. The number of hydrogen-bond acceptors (Lipinski definition) is 4. The molecule has 1 amide bonds. The van der Waals surface area contributed by atoms with E-state index in [1.54, 1.807) is 10.9 Å². The predicted molar refractivity (Wildman–Crippen MR) is 127 cm³/mol. The first-order valence-electron chi connectivity index (χ1n) is 11.2. The fraction of sp³-hybridized carbons (Fsp3) is 0.280. The quantitative estimate of drug-likeness (QED) is 0.496. The van der Waals surface area contributed by atoms with E-state index >= 15 is 0 Å². The van der Waals surface area contributed by atoms with Crippen LogP contribution in [-0.4, -0.2) is 24.6 Å². The van der Waals surface area contributed by atoms with Gasteiger partial charge in [-0.1, -0.05) is 36.4 Å². The van der Waals surface area contributed by atoms with Crippen LogP contribution in [0.5, 0.6) is 0 Å². The molecule has 0 unspecified atom stereocenters. The Balaban J connectivity index is 1.52. The molecule has 1 aliphatic carbocycles. The van der Waals surface area contributed by atoms with Crippen molar-refractivity contribution in [1.29, 1.82) is 0 Å². The summed E-state index contributed by atoms with van der Waals surface area (Å²) in [6, 6.07) is 15.4. The monoisotopic (exact) mass is 443 g/mol. The van der Waals surface area contributed by atoms with Crippen molar-refractivity contribution in [2.75, 3.05) is 5.32 Å². The molecule has 0 saturated carbocycles. The van der Waals surface area contributed by atoms with Gasteiger partial charge in [-0.2, -0.15) is 0 Å². The summed E-state index contributed by atoms with van der Waals surface area (Å²) in [6.07, 6.45) is 4.74. The molecule has 1 aliphatic rings. The lowest BCUT2D eigenvalue weighted by Gasteiger charge is -2.13. The summed E-state index contributed by atoms with van der Waals surface area (Å²) in [4.78, 5) is 43.8. The Morgan fingerprint density at radius 1 is 1.03 bits per heavy atom. The van der Waals surface area contributed by atoms with Gasteiger partial charge in [0, 0.05) is 12.2 Å². The van der Waals surface area contributed by atoms with Crippen molar-refractivity contribution < 1.29 is 4.79 Å². The van der Waals surface area contributed by atoms with Gasteiger partial charge in [0.15, 0.2) is 11.2 Å². The van der Waals surface area contributed by atoms with Crippen LogP contribution in [0.4, 0.5) is 5.69 Å². The van der Waals surface area contributed by atoms with Gasteiger partial charge in [-0.3, -0.25) is 14.2 Å². The van der Waals surface area contributed by atoms with Crippen molar-refractivity contribution in [3.63, 3.8) is 0 Å². The van der Waals surface area contributed by atoms with Crippen LogP contribution in [-0.2, 0) is 37.3 Å². The van der Waals surface area contributed by atoms with E-state index in [0.717, 1.165) is 29.4 Å². The van der Waals surface area contributed by atoms with Gasteiger partial charge in [0.05, 0.1) is 12.9 Å². The number of rotatable bonds is 6. The lowest BCUT2D eigenvalue weighted by Crippen LogP contribution is -2.43. The summed E-state index contributed by atoms with van der Waals surface area (Å²) in [5, 5.41) is 2.84. The Morgan fingerprint density at radius 2 is 1.82 bits per heavy atom. The molecule has 0 fully saturated rings. The molecule has 168 valence electrons. The van der Waals surface area contributed by atoms with Gasteiger partial charge in [-0.05, 0) is 55.0 Å². The number of aromatic nitrogens is 4. The zero-order chi connectivity index (χ0) is 22.9. The van der Waals surface area contributed by atoms with Crippen molar-refractivity contribution in [3.05, 3.63) is 92.4 Å². The van der Waals surface area contributed by atoms with Crippen LogP contribution in [0.15, 0.2) is 64.4 Å². The van der Waals surface area contributed by atoms with E-state index in [0.29, 0.717) is 23.4 Å². The maximum atomic E-state index is 13.3. The number of aryl methyl sites for hydroxylation is 3. The summed E-state index contributed by atoms with van der Waals surface area (Å²) in [7, 11) is 0. The third kappa shape index (κ3) is 3.88. The van der Waals surface area contributed by atoms with E-state index in [1.807, 2.05) is 55.5 Å². The Bertz CT molecular complexity index is 1460. The average molecular weight is 444 g/mol. The predicted octanol–water partition coefficient (Wildman–Crippen LogP) is 2.56. The second-order valence-electron chi connectivity index (χ2n) is 8.33. The summed E-state index contributed by atoms with van der Waals surface area (Å²) >= 11 is 0. The van der Waals surface area contributed by atoms with Crippen LogP contribution in [0.25, 0.3) is 11.2 Å². The summed E-state index contributed by atoms with van der Waals surface area (Å²) < 4.78 is 4.16. The number of amides is 1. The number of benzene rings is 2. The van der Waals surface area contributed by atoms with E-state index in [-0.39, 0.29) is 13.1 Å². The van der Waals surface area contributed by atoms with Crippen molar-refractivity contribution in [3.8, 4) is 0 Å². The Labute approximate surface area is 190 Å². The van der Waals surface area contributed by atoms with Crippen molar-refractivity contribution in [1.82, 2.24) is 18.7 Å². The van der Waals surface area contributed by atoms with Gasteiger partial charge in [0.2, 0.25) is 5.91 Å². The number of carbonyl (C=O) groups is 1. The Morgan fingerprint density at radius 3 is 2.61 bits per heavy atom. The fourth-order valence-corrected chi connectivity index (χ4v) is 4.52. The minimum Gasteiger partial charge on any atom is -0.325 e. The highest BCUT2D eigenvalue weighted by molar-refractivity contribution is 5.90. The van der Waals surface area contributed by atoms with Crippen LogP contribution in [0.3, 0.4) is 0 Å². The highest BCUT2D eigenvalue weighted by atomic mass is 16.2. The number of nitrogens with zero attached hydrogens (tertiary/aromatic N) is 4. The second-order valence-corrected chi connectivity index (χ2v) is 8.33. The topological polar surface area (TPSA) is 90.9 Å². The Hall–Kier alpha value is -3.94. The van der Waals surface area contributed by atoms with Crippen LogP contribution in [0.2, 0.25) is 0 Å². The molecule has 0 spiro atoms. The molecule has 4 aromatic rings. The van der Waals surface area contributed by atoms with Gasteiger partial charge in [-0.25, -0.2) is 14.3 Å². The van der Waals surface area contributed by atoms with E-state index in [4.69, 9.17) is 0 Å². The molecule has 0 atom stereocenters. The molecule has 8 nitrogen and oxygen atoms in total. The van der Waals surface area contributed by atoms with Gasteiger partial charge < -0.3 is 9.88 Å². The first kappa shape index (κ1) is 20.9. The van der Waals surface area contributed by atoms with Gasteiger partial charge in [-0.15, -0.1) is 0 Å². The summed E-state index contributed by atoms with van der Waals surface area (Å²) in [5.74, 6) is -0.416. The number of imidazole rings is 1. The van der Waals surface area contributed by atoms with Crippen LogP contribution >= 0.6 is 0 Å². The lowest BCUT2D eigenvalue weighted by molar-refractivity contribution is -0.116. The molecule has 33 heavy (non-hydrogen) atoms. The van der Waals surface area contributed by atoms with Crippen molar-refractivity contribution >= 4 is 22.8 Å². The molecular formula is C25H25N5O3. The molecule has 2 aromatic heterocycles. The number of hydrogen-bond donors (Lipinski definition) is 1. The molecule has 0 saturated heterocycles. The maximum absolute atomic E-state index is 13.3. The molecule has 8 heteroatoms. The highest BCUT2D eigenvalue weighted by Crippen LogP contribution is 2.24. The number of anilines is 1. The zero-order valence-electron chi connectivity index (χ0n) is 18.5. The van der Waals surface area contributed by atoms with Crippen LogP contribution in [0, 0.1) is 0 Å². The van der Waals surface area contributed by atoms with Gasteiger partial charge in [0.1, 0.15) is 6.54 Å².